The monoisotopic (exact) mass is 272 g/mol. The van der Waals surface area contributed by atoms with Crippen LogP contribution in [0.15, 0.2) is 24.4 Å². The summed E-state index contributed by atoms with van der Waals surface area (Å²) in [5, 5.41) is 14.7. The van der Waals surface area contributed by atoms with Gasteiger partial charge in [-0.2, -0.15) is 0 Å². The smallest absolute Gasteiger partial charge is 0.125 e. The molecule has 3 rings (SSSR count). The topological polar surface area (TPSA) is 48.0 Å². The summed E-state index contributed by atoms with van der Waals surface area (Å²) in [6, 6.07) is 6.34. The lowest BCUT2D eigenvalue weighted by Crippen LogP contribution is -2.30. The maximum atomic E-state index is 9.99. The fraction of sp³-hybridized carbons (Fsp3) is 0.529. The number of phenolic OH excluding ortho intramolecular Hbond substituents is 1. The van der Waals surface area contributed by atoms with Crippen LogP contribution in [-0.4, -0.2) is 22.7 Å². The quantitative estimate of drug-likeness (QED) is 0.743. The molecule has 0 unspecified atom stereocenters. The number of fused-ring (bicyclic) bond motifs is 1. The van der Waals surface area contributed by atoms with Gasteiger partial charge in [-0.25, -0.2) is 0 Å². The molecule has 108 valence electrons. The van der Waals surface area contributed by atoms with Crippen LogP contribution in [0.25, 0.3) is 10.9 Å². The summed E-state index contributed by atoms with van der Waals surface area (Å²) >= 11 is 0. The van der Waals surface area contributed by atoms with E-state index in [4.69, 9.17) is 0 Å². The van der Waals surface area contributed by atoms with E-state index in [1.165, 1.54) is 44.1 Å². The van der Waals surface area contributed by atoms with Gasteiger partial charge in [0.2, 0.25) is 0 Å². The summed E-state index contributed by atoms with van der Waals surface area (Å²) in [5.74, 6) is 0.383. The molecule has 3 nitrogen and oxygen atoms in total. The van der Waals surface area contributed by atoms with Crippen LogP contribution in [0.1, 0.15) is 44.1 Å². The number of aromatic nitrogens is 1. The number of aromatic hydroxyl groups is 1. The molecule has 0 saturated heterocycles. The molecule has 1 heterocycles. The van der Waals surface area contributed by atoms with E-state index >= 15 is 0 Å². The van der Waals surface area contributed by atoms with E-state index in [-0.39, 0.29) is 0 Å². The van der Waals surface area contributed by atoms with Crippen molar-refractivity contribution >= 4 is 10.9 Å². The molecule has 1 aliphatic carbocycles. The van der Waals surface area contributed by atoms with Crippen LogP contribution < -0.4 is 5.32 Å². The lowest BCUT2D eigenvalue weighted by Gasteiger charge is -2.15. The molecular formula is C17H24N2O. The molecule has 1 aromatic carbocycles. The van der Waals surface area contributed by atoms with Gasteiger partial charge in [0.05, 0.1) is 0 Å². The minimum atomic E-state index is 0.383. The van der Waals surface area contributed by atoms with Crippen LogP contribution in [0.3, 0.4) is 0 Å². The maximum absolute atomic E-state index is 9.99. The van der Waals surface area contributed by atoms with Crippen molar-refractivity contribution in [2.45, 2.75) is 51.0 Å². The predicted molar refractivity (Wildman–Crippen MR) is 83.2 cm³/mol. The Morgan fingerprint density at radius 1 is 1.15 bits per heavy atom. The summed E-state index contributed by atoms with van der Waals surface area (Å²) in [7, 11) is 0. The summed E-state index contributed by atoms with van der Waals surface area (Å²) in [4.78, 5) is 3.24. The normalized spacial score (nSPS) is 17.4. The molecule has 1 fully saturated rings. The summed E-state index contributed by atoms with van der Waals surface area (Å²) in [5.41, 5.74) is 2.23. The Morgan fingerprint density at radius 3 is 2.75 bits per heavy atom. The Labute approximate surface area is 120 Å². The average molecular weight is 272 g/mol. The summed E-state index contributed by atoms with van der Waals surface area (Å²) < 4.78 is 0. The van der Waals surface area contributed by atoms with Crippen molar-refractivity contribution in [1.82, 2.24) is 10.3 Å². The van der Waals surface area contributed by atoms with E-state index in [0.29, 0.717) is 11.8 Å². The van der Waals surface area contributed by atoms with Gasteiger partial charge in [-0.15, -0.1) is 0 Å². The first-order valence-electron chi connectivity index (χ1n) is 7.86. The van der Waals surface area contributed by atoms with Crippen molar-refractivity contribution in [3.05, 3.63) is 30.0 Å². The molecular weight excluding hydrogens is 248 g/mol. The van der Waals surface area contributed by atoms with E-state index in [0.717, 1.165) is 23.9 Å². The van der Waals surface area contributed by atoms with Crippen LogP contribution in [-0.2, 0) is 6.42 Å². The molecule has 0 aliphatic heterocycles. The Bertz CT molecular complexity index is 553. The van der Waals surface area contributed by atoms with E-state index < -0.39 is 0 Å². The zero-order chi connectivity index (χ0) is 13.8. The third-order valence-electron chi connectivity index (χ3n) is 4.45. The molecule has 1 aliphatic rings. The van der Waals surface area contributed by atoms with E-state index in [1.807, 2.05) is 18.3 Å². The second-order valence-corrected chi connectivity index (χ2v) is 5.91. The van der Waals surface area contributed by atoms with Crippen molar-refractivity contribution < 1.29 is 5.11 Å². The van der Waals surface area contributed by atoms with Crippen LogP contribution in [0.4, 0.5) is 0 Å². The van der Waals surface area contributed by atoms with E-state index in [9.17, 15) is 5.11 Å². The van der Waals surface area contributed by atoms with Crippen LogP contribution in [0.5, 0.6) is 5.75 Å². The average Bonchev–Trinajstić information content (AvgIpc) is 2.69. The van der Waals surface area contributed by atoms with Crippen LogP contribution >= 0.6 is 0 Å². The molecule has 1 aromatic heterocycles. The molecule has 3 heteroatoms. The number of nitrogens with one attached hydrogen (secondary N) is 2. The highest BCUT2D eigenvalue weighted by molar-refractivity contribution is 5.88. The van der Waals surface area contributed by atoms with Crippen molar-refractivity contribution in [1.29, 1.82) is 0 Å². The van der Waals surface area contributed by atoms with Gasteiger partial charge in [0.15, 0.2) is 0 Å². The lowest BCUT2D eigenvalue weighted by atomic mass is 10.1. The Hall–Kier alpha value is -1.48. The molecule has 0 atom stereocenters. The summed E-state index contributed by atoms with van der Waals surface area (Å²) in [6.45, 7) is 0.992. The molecule has 20 heavy (non-hydrogen) atoms. The Kier molecular flexibility index (Phi) is 4.26. The molecule has 0 radical (unpaired) electrons. The Balaban J connectivity index is 1.59. The highest BCUT2D eigenvalue weighted by Crippen LogP contribution is 2.27. The van der Waals surface area contributed by atoms with E-state index in [2.05, 4.69) is 10.3 Å². The minimum Gasteiger partial charge on any atom is -0.507 e. The number of phenols is 1. The van der Waals surface area contributed by atoms with Gasteiger partial charge >= 0.3 is 0 Å². The number of hydrogen-bond donors (Lipinski definition) is 3. The van der Waals surface area contributed by atoms with E-state index in [1.54, 1.807) is 6.07 Å². The third kappa shape index (κ3) is 2.98. The molecule has 0 bridgehead atoms. The third-order valence-corrected chi connectivity index (χ3v) is 4.45. The second-order valence-electron chi connectivity index (χ2n) is 5.91. The number of hydrogen-bond acceptors (Lipinski definition) is 2. The van der Waals surface area contributed by atoms with Gasteiger partial charge in [0.1, 0.15) is 5.75 Å². The van der Waals surface area contributed by atoms with Gasteiger partial charge in [-0.3, -0.25) is 0 Å². The number of H-pyrrole nitrogens is 1. The van der Waals surface area contributed by atoms with Crippen molar-refractivity contribution in [2.75, 3.05) is 6.54 Å². The zero-order valence-electron chi connectivity index (χ0n) is 12.0. The van der Waals surface area contributed by atoms with Gasteiger partial charge in [-0.05, 0) is 43.5 Å². The van der Waals surface area contributed by atoms with Gasteiger partial charge in [0, 0.05) is 23.1 Å². The largest absolute Gasteiger partial charge is 0.507 e. The molecule has 0 amide bonds. The molecule has 1 saturated carbocycles. The minimum absolute atomic E-state index is 0.383. The van der Waals surface area contributed by atoms with Gasteiger partial charge in [0.25, 0.3) is 0 Å². The highest BCUT2D eigenvalue weighted by atomic mass is 16.3. The number of rotatable bonds is 4. The standard InChI is InChI=1S/C17H24N2O/c20-16-9-5-8-15-17(16)13(12-19-15)10-11-18-14-6-3-1-2-4-7-14/h5,8-9,12,14,18-20H,1-4,6-7,10-11H2. The highest BCUT2D eigenvalue weighted by Gasteiger charge is 2.12. The predicted octanol–water partition coefficient (Wildman–Crippen LogP) is 3.73. The summed E-state index contributed by atoms with van der Waals surface area (Å²) in [6.07, 6.45) is 11.2. The first-order chi connectivity index (χ1) is 9.84. The van der Waals surface area contributed by atoms with Gasteiger partial charge in [-0.1, -0.05) is 31.7 Å². The molecule has 3 N–H and O–H groups in total. The van der Waals surface area contributed by atoms with Crippen molar-refractivity contribution in [3.8, 4) is 5.75 Å². The lowest BCUT2D eigenvalue weighted by molar-refractivity contribution is 0.463. The van der Waals surface area contributed by atoms with Crippen molar-refractivity contribution in [2.24, 2.45) is 0 Å². The molecule has 0 spiro atoms. The number of aromatic amines is 1. The SMILES string of the molecule is Oc1cccc2[nH]cc(CCNC3CCCCCC3)c12. The zero-order valence-corrected chi connectivity index (χ0v) is 12.0. The second kappa shape index (κ2) is 6.31. The first kappa shape index (κ1) is 13.5. The maximum Gasteiger partial charge on any atom is 0.125 e. The Morgan fingerprint density at radius 2 is 1.95 bits per heavy atom. The fourth-order valence-electron chi connectivity index (χ4n) is 3.33. The number of benzene rings is 1. The van der Waals surface area contributed by atoms with Crippen molar-refractivity contribution in [3.63, 3.8) is 0 Å². The first-order valence-corrected chi connectivity index (χ1v) is 7.86. The fourth-order valence-corrected chi connectivity index (χ4v) is 3.33. The van der Waals surface area contributed by atoms with Gasteiger partial charge < -0.3 is 15.4 Å². The van der Waals surface area contributed by atoms with Crippen LogP contribution in [0, 0.1) is 0 Å². The molecule has 2 aromatic rings. The van der Waals surface area contributed by atoms with Crippen LogP contribution in [0.2, 0.25) is 0 Å².